The molecular weight excluding hydrogens is 663 g/mol. The molecule has 3 heterocycles. The first-order valence-electron chi connectivity index (χ1n) is 13.5. The summed E-state index contributed by atoms with van der Waals surface area (Å²) in [5.74, 6) is -2.18. The van der Waals surface area contributed by atoms with Crippen LogP contribution in [0.5, 0.6) is 0 Å². The van der Waals surface area contributed by atoms with Crippen LogP contribution in [0.2, 0.25) is 0 Å². The zero-order valence-electron chi connectivity index (χ0n) is 23.3. The predicted octanol–water partition coefficient (Wildman–Crippen LogP) is 2.96. The highest BCUT2D eigenvalue weighted by atomic mass is 32.2. The number of rotatable bonds is 10. The van der Waals surface area contributed by atoms with Gasteiger partial charge in [0, 0.05) is 29.3 Å². The number of thioether (sulfide) groups is 2. The van der Waals surface area contributed by atoms with E-state index in [2.05, 4.69) is 4.90 Å². The molecule has 1 amide bonds. The van der Waals surface area contributed by atoms with Gasteiger partial charge in [0.25, 0.3) is 11.5 Å². The highest BCUT2D eigenvalue weighted by molar-refractivity contribution is 8.30. The minimum absolute atomic E-state index is 0.118. The molecule has 15 heteroatoms. The SMILES string of the molecule is CCn1c(=O)/c(=C(/C=C2\Sc3ccccc3N2CCCCS(=O)(=O)[O-])c2ccccc2)s/c1=C1/SC(=S)N(CC(=O)O)C1=O. The van der Waals surface area contributed by atoms with Gasteiger partial charge in [-0.05, 0) is 43.5 Å². The van der Waals surface area contributed by atoms with Gasteiger partial charge >= 0.3 is 5.97 Å². The second kappa shape index (κ2) is 13.4. The molecule has 0 saturated carbocycles. The maximum absolute atomic E-state index is 14.0. The van der Waals surface area contributed by atoms with E-state index in [1.807, 2.05) is 60.7 Å². The number of thiocarbonyl (C=S) groups is 1. The van der Waals surface area contributed by atoms with Crippen molar-refractivity contribution in [2.24, 2.45) is 0 Å². The van der Waals surface area contributed by atoms with Gasteiger partial charge in [0.05, 0.1) is 20.8 Å². The highest BCUT2D eigenvalue weighted by Crippen LogP contribution is 2.46. The molecule has 1 fully saturated rings. The highest BCUT2D eigenvalue weighted by Gasteiger charge is 2.35. The van der Waals surface area contributed by atoms with Crippen molar-refractivity contribution in [2.45, 2.75) is 31.2 Å². The van der Waals surface area contributed by atoms with Crippen molar-refractivity contribution in [3.8, 4) is 0 Å². The molecule has 0 aliphatic carbocycles. The number of unbranched alkanes of at least 4 members (excludes halogenated alkanes) is 1. The van der Waals surface area contributed by atoms with Gasteiger partial charge in [-0.25, -0.2) is 8.42 Å². The topological polar surface area (TPSA) is 140 Å². The third-order valence-corrected chi connectivity index (χ3v) is 11.5. The van der Waals surface area contributed by atoms with Crippen LogP contribution in [0.1, 0.15) is 25.3 Å². The fraction of sp³-hybridized carbons (Fsp3) is 0.241. The van der Waals surface area contributed by atoms with Crippen molar-refractivity contribution in [1.82, 2.24) is 9.47 Å². The first kappa shape index (κ1) is 32.2. The summed E-state index contributed by atoms with van der Waals surface area (Å²) in [4.78, 5) is 42.8. The minimum atomic E-state index is -4.31. The van der Waals surface area contributed by atoms with Crippen molar-refractivity contribution in [3.63, 3.8) is 0 Å². The fourth-order valence-electron chi connectivity index (χ4n) is 4.80. The summed E-state index contributed by atoms with van der Waals surface area (Å²) in [5.41, 5.74) is 2.06. The maximum atomic E-state index is 14.0. The normalized spacial score (nSPS) is 17.9. The van der Waals surface area contributed by atoms with Crippen LogP contribution in [0.15, 0.2) is 75.4 Å². The van der Waals surface area contributed by atoms with Gasteiger partial charge in [-0.3, -0.25) is 23.9 Å². The van der Waals surface area contributed by atoms with Crippen molar-refractivity contribution in [1.29, 1.82) is 0 Å². The third-order valence-electron chi connectivity index (χ3n) is 6.80. The Hall–Kier alpha value is -3.21. The van der Waals surface area contributed by atoms with Crippen molar-refractivity contribution < 1.29 is 27.7 Å². The summed E-state index contributed by atoms with van der Waals surface area (Å²) >= 11 is 8.95. The van der Waals surface area contributed by atoms with Crippen LogP contribution >= 0.6 is 47.1 Å². The van der Waals surface area contributed by atoms with Crippen molar-refractivity contribution in [2.75, 3.05) is 23.7 Å². The number of carbonyl (C=O) groups excluding carboxylic acids is 1. The van der Waals surface area contributed by atoms with Crippen LogP contribution in [0.4, 0.5) is 5.69 Å². The number of aromatic nitrogens is 1. The fourth-order valence-corrected chi connectivity index (χ4v) is 9.14. The zero-order valence-corrected chi connectivity index (χ0v) is 27.4. The van der Waals surface area contributed by atoms with E-state index in [0.29, 0.717) is 27.7 Å². The Morgan fingerprint density at radius 1 is 1.02 bits per heavy atom. The number of nitrogens with zero attached hydrogens (tertiary/aromatic N) is 3. The molecule has 0 atom stereocenters. The molecule has 1 aromatic heterocycles. The number of benzene rings is 2. The lowest BCUT2D eigenvalue weighted by atomic mass is 10.1. The zero-order chi connectivity index (χ0) is 31.6. The Morgan fingerprint density at radius 2 is 1.73 bits per heavy atom. The van der Waals surface area contributed by atoms with E-state index >= 15 is 0 Å². The van der Waals surface area contributed by atoms with Crippen LogP contribution in [0.3, 0.4) is 0 Å². The van der Waals surface area contributed by atoms with Gasteiger partial charge in [-0.15, -0.1) is 11.3 Å². The number of fused-ring (bicyclic) bond motifs is 1. The number of aliphatic carboxylic acids is 1. The summed E-state index contributed by atoms with van der Waals surface area (Å²) in [6.45, 7) is 1.97. The molecule has 230 valence electrons. The van der Waals surface area contributed by atoms with Crippen molar-refractivity contribution >= 4 is 89.6 Å². The summed E-state index contributed by atoms with van der Waals surface area (Å²) < 4.78 is 35.9. The number of allylic oxidation sites excluding steroid dienone is 1. The molecule has 1 saturated heterocycles. The number of hydrogen-bond acceptors (Lipinski definition) is 11. The first-order chi connectivity index (χ1) is 21.0. The number of thiazole rings is 1. The molecule has 2 aliphatic rings. The van der Waals surface area contributed by atoms with Gasteiger partial charge in [-0.1, -0.05) is 78.2 Å². The first-order valence-corrected chi connectivity index (χ1v) is 17.9. The minimum Gasteiger partial charge on any atom is -0.748 e. The maximum Gasteiger partial charge on any atom is 0.323 e. The number of amides is 1. The Morgan fingerprint density at radius 3 is 2.41 bits per heavy atom. The van der Waals surface area contributed by atoms with Gasteiger partial charge in [0.2, 0.25) is 0 Å². The standard InChI is InChI=1S/C29H27N3O7S5/c1-2-30-26(35)24(42-28(30)25-27(36)32(17-23(33)34)29(40)43-25)19(18-10-4-3-5-11-18)16-22-31(14-8-9-15-44(37,38)39)20-12-6-7-13-21(20)41-22/h3-7,10-13,16H,2,8-9,14-15,17H2,1H3,(H,33,34)(H,37,38,39)/p-1/b22-16-,24-19+,28-25+. The van der Waals surface area contributed by atoms with E-state index in [4.69, 9.17) is 12.2 Å². The molecule has 10 nitrogen and oxygen atoms in total. The van der Waals surface area contributed by atoms with Gasteiger partial charge in [0.15, 0.2) is 0 Å². The molecule has 0 radical (unpaired) electrons. The molecule has 5 rings (SSSR count). The molecule has 3 aromatic rings. The quantitative estimate of drug-likeness (QED) is 0.191. The van der Waals surface area contributed by atoms with E-state index in [1.165, 1.54) is 16.3 Å². The molecular formula is C29H26N3O7S5-. The average molecular weight is 689 g/mol. The molecule has 0 bridgehead atoms. The van der Waals surface area contributed by atoms with Crippen LogP contribution in [-0.4, -0.2) is 62.6 Å². The third kappa shape index (κ3) is 6.87. The van der Waals surface area contributed by atoms with Gasteiger partial charge < -0.3 is 14.6 Å². The monoisotopic (exact) mass is 688 g/mol. The summed E-state index contributed by atoms with van der Waals surface area (Å²) in [6.07, 6.45) is 2.61. The number of carboxylic acid groups (broad SMARTS) is 1. The molecule has 0 spiro atoms. The number of hydrogen-bond donors (Lipinski definition) is 1. The van der Waals surface area contributed by atoms with Gasteiger partial charge in [-0.2, -0.15) is 0 Å². The molecule has 1 N–H and O–H groups in total. The lowest BCUT2D eigenvalue weighted by molar-refractivity contribution is -0.140. The number of anilines is 1. The number of carboxylic acids is 1. The average Bonchev–Trinajstić information content (AvgIpc) is 3.60. The van der Waals surface area contributed by atoms with Gasteiger partial charge in [0.1, 0.15) is 25.0 Å². The Labute approximate surface area is 271 Å². The lowest BCUT2D eigenvalue weighted by Crippen LogP contribution is -2.35. The molecule has 0 unspecified atom stereocenters. The second-order valence-corrected chi connectivity index (χ2v) is 14.9. The van der Waals surface area contributed by atoms with Crippen LogP contribution in [0.25, 0.3) is 10.5 Å². The molecule has 44 heavy (non-hydrogen) atoms. The summed E-state index contributed by atoms with van der Waals surface area (Å²) in [6, 6.07) is 17.2. The van der Waals surface area contributed by atoms with Crippen LogP contribution < -0.4 is 19.7 Å². The van der Waals surface area contributed by atoms with Crippen molar-refractivity contribution in [3.05, 3.63) is 90.8 Å². The van der Waals surface area contributed by atoms with Crippen LogP contribution in [-0.2, 0) is 26.3 Å². The number of carbonyl (C=O) groups is 2. The van der Waals surface area contributed by atoms with E-state index in [1.54, 1.807) is 6.92 Å². The smallest absolute Gasteiger partial charge is 0.323 e. The Bertz CT molecular complexity index is 1970. The van der Waals surface area contributed by atoms with E-state index in [9.17, 15) is 32.5 Å². The van der Waals surface area contributed by atoms with E-state index < -0.39 is 34.3 Å². The van der Waals surface area contributed by atoms with Crippen LogP contribution in [0, 0.1) is 0 Å². The van der Waals surface area contributed by atoms with E-state index in [0.717, 1.165) is 49.2 Å². The summed E-state index contributed by atoms with van der Waals surface area (Å²) in [5, 5.41) is 10.1. The lowest BCUT2D eigenvalue weighted by Gasteiger charge is -2.21. The molecule has 2 aromatic carbocycles. The second-order valence-electron chi connectivity index (χ2n) is 9.72. The largest absolute Gasteiger partial charge is 0.748 e. The summed E-state index contributed by atoms with van der Waals surface area (Å²) in [7, 11) is -4.31. The number of para-hydroxylation sites is 1. The van der Waals surface area contributed by atoms with E-state index in [-0.39, 0.29) is 27.8 Å². The molecule has 2 aliphatic heterocycles. The Kier molecular flexibility index (Phi) is 9.82. The predicted molar refractivity (Wildman–Crippen MR) is 177 cm³/mol. The Balaban J connectivity index is 1.68.